The van der Waals surface area contributed by atoms with E-state index in [1.807, 2.05) is 18.2 Å². The first-order valence-electron chi connectivity index (χ1n) is 7.72. The van der Waals surface area contributed by atoms with Crippen LogP contribution in [0.3, 0.4) is 0 Å². The smallest absolute Gasteiger partial charge is 0.422 e. The Kier molecular flexibility index (Phi) is 5.10. The number of aromatic amines is 1. The first kappa shape index (κ1) is 18.5. The summed E-state index contributed by atoms with van der Waals surface area (Å²) in [6, 6.07) is 7.28. The van der Waals surface area contributed by atoms with E-state index in [-0.39, 0.29) is 11.5 Å². The van der Waals surface area contributed by atoms with Crippen molar-refractivity contribution in [3.8, 4) is 5.75 Å². The Balaban J connectivity index is 1.82. The number of benzene rings is 1. The summed E-state index contributed by atoms with van der Waals surface area (Å²) in [5.74, 6) is 0.142. The number of para-hydroxylation sites is 2. The largest absolute Gasteiger partial charge is 0.609 e. The average Bonchev–Trinajstić information content (AvgIpc) is 3.00. The average molecular weight is 383 g/mol. The fourth-order valence-corrected chi connectivity index (χ4v) is 3.61. The summed E-state index contributed by atoms with van der Waals surface area (Å²) in [4.78, 5) is 11.5. The minimum absolute atomic E-state index is 0.0221. The van der Waals surface area contributed by atoms with Crippen LogP contribution in [0.25, 0.3) is 11.0 Å². The molecular weight excluding hydrogens is 367 g/mol. The van der Waals surface area contributed by atoms with E-state index in [0.717, 1.165) is 5.52 Å². The van der Waals surface area contributed by atoms with E-state index < -0.39 is 24.0 Å². The summed E-state index contributed by atoms with van der Waals surface area (Å²) >= 11 is -1.52. The number of ether oxygens (including phenoxy) is 1. The maximum Gasteiger partial charge on any atom is 0.422 e. The Hall–Kier alpha value is -2.26. The van der Waals surface area contributed by atoms with Crippen molar-refractivity contribution in [2.75, 3.05) is 6.61 Å². The number of rotatable bonds is 5. The van der Waals surface area contributed by atoms with Gasteiger partial charge in [0.15, 0.2) is 12.4 Å². The van der Waals surface area contributed by atoms with E-state index in [9.17, 15) is 17.7 Å². The molecule has 0 saturated carbocycles. The lowest BCUT2D eigenvalue weighted by atomic mass is 10.1. The molecule has 1 aromatic carbocycles. The van der Waals surface area contributed by atoms with Gasteiger partial charge in [-0.25, -0.2) is 0 Å². The van der Waals surface area contributed by atoms with Crippen molar-refractivity contribution in [1.82, 2.24) is 15.0 Å². The van der Waals surface area contributed by atoms with Gasteiger partial charge in [0.2, 0.25) is 0 Å². The zero-order valence-electron chi connectivity index (χ0n) is 14.1. The number of aryl methyl sites for hydroxylation is 1. The van der Waals surface area contributed by atoms with E-state index in [0.29, 0.717) is 27.5 Å². The van der Waals surface area contributed by atoms with Crippen LogP contribution in [0, 0.1) is 13.8 Å². The maximum atomic E-state index is 12.6. The van der Waals surface area contributed by atoms with Crippen LogP contribution in [0.15, 0.2) is 35.6 Å². The number of pyridine rings is 1. The fraction of sp³-hybridized carbons (Fsp3) is 0.294. The van der Waals surface area contributed by atoms with Gasteiger partial charge in [0, 0.05) is 28.5 Å². The Morgan fingerprint density at radius 2 is 1.96 bits per heavy atom. The van der Waals surface area contributed by atoms with Gasteiger partial charge in [0.25, 0.3) is 0 Å². The van der Waals surface area contributed by atoms with E-state index in [1.54, 1.807) is 19.9 Å². The number of nitrogens with zero attached hydrogens (tertiary/aromatic N) is 2. The number of halogens is 3. The lowest BCUT2D eigenvalue weighted by molar-refractivity contribution is -0.153. The quantitative estimate of drug-likeness (QED) is 0.680. The predicted molar refractivity (Wildman–Crippen MR) is 91.5 cm³/mol. The van der Waals surface area contributed by atoms with Crippen molar-refractivity contribution in [2.24, 2.45) is 0 Å². The van der Waals surface area contributed by atoms with E-state index in [2.05, 4.69) is 15.0 Å². The molecular formula is C17H16F3N3O2S. The summed E-state index contributed by atoms with van der Waals surface area (Å²) in [7, 11) is 0. The molecule has 138 valence electrons. The SMILES string of the molecule is Cc1cnc(C[S@@+]([O-])c2nc3ccccc3[nH]2)c(C)c1OCC(F)(F)F. The van der Waals surface area contributed by atoms with Crippen LogP contribution in [-0.4, -0.2) is 32.3 Å². The molecule has 3 aromatic rings. The van der Waals surface area contributed by atoms with Crippen molar-refractivity contribution in [1.29, 1.82) is 0 Å². The minimum Gasteiger partial charge on any atom is -0.609 e. The molecule has 0 aliphatic heterocycles. The molecule has 3 rings (SSSR count). The predicted octanol–water partition coefficient (Wildman–Crippen LogP) is 3.82. The van der Waals surface area contributed by atoms with Crippen molar-refractivity contribution >= 4 is 22.2 Å². The van der Waals surface area contributed by atoms with Gasteiger partial charge >= 0.3 is 11.3 Å². The third-order valence-electron chi connectivity index (χ3n) is 3.78. The normalized spacial score (nSPS) is 13.2. The molecule has 0 spiro atoms. The monoisotopic (exact) mass is 383 g/mol. The Labute approximate surface area is 150 Å². The highest BCUT2D eigenvalue weighted by atomic mass is 32.2. The van der Waals surface area contributed by atoms with Crippen LogP contribution in [0.1, 0.15) is 16.8 Å². The summed E-state index contributed by atoms with van der Waals surface area (Å²) in [5.41, 5.74) is 2.80. The first-order chi connectivity index (χ1) is 12.2. The van der Waals surface area contributed by atoms with Crippen LogP contribution in [0.5, 0.6) is 5.75 Å². The Morgan fingerprint density at radius 1 is 1.23 bits per heavy atom. The maximum absolute atomic E-state index is 12.6. The molecule has 0 aliphatic carbocycles. The highest BCUT2D eigenvalue weighted by Gasteiger charge is 2.29. The van der Waals surface area contributed by atoms with E-state index >= 15 is 0 Å². The second-order valence-corrected chi connectivity index (χ2v) is 7.16. The van der Waals surface area contributed by atoms with Crippen LogP contribution in [-0.2, 0) is 16.9 Å². The van der Waals surface area contributed by atoms with Crippen molar-refractivity contribution in [3.05, 3.63) is 47.3 Å². The third-order valence-corrected chi connectivity index (χ3v) is 4.94. The molecule has 0 aliphatic rings. The highest BCUT2D eigenvalue weighted by Crippen LogP contribution is 2.28. The second kappa shape index (κ2) is 7.16. The molecule has 5 nitrogen and oxygen atoms in total. The van der Waals surface area contributed by atoms with Gasteiger partial charge in [-0.05, 0) is 26.0 Å². The lowest BCUT2D eigenvalue weighted by Gasteiger charge is -2.16. The molecule has 0 unspecified atom stereocenters. The number of hydrogen-bond donors (Lipinski definition) is 1. The summed E-state index contributed by atoms with van der Waals surface area (Å²) in [6.45, 7) is 1.84. The van der Waals surface area contributed by atoms with Gasteiger partial charge < -0.3 is 9.29 Å². The Bertz CT molecular complexity index is 894. The molecule has 2 aromatic heterocycles. The zero-order valence-corrected chi connectivity index (χ0v) is 14.9. The van der Waals surface area contributed by atoms with Crippen LogP contribution >= 0.6 is 0 Å². The number of hydrogen-bond acceptors (Lipinski definition) is 4. The molecule has 0 fully saturated rings. The number of imidazole rings is 1. The van der Waals surface area contributed by atoms with Crippen LogP contribution in [0.2, 0.25) is 0 Å². The van der Waals surface area contributed by atoms with E-state index in [4.69, 9.17) is 4.74 Å². The second-order valence-electron chi connectivity index (χ2n) is 5.79. The highest BCUT2D eigenvalue weighted by molar-refractivity contribution is 7.90. The summed E-state index contributed by atoms with van der Waals surface area (Å²) in [5, 5.41) is 0.297. The van der Waals surface area contributed by atoms with Crippen molar-refractivity contribution < 1.29 is 22.5 Å². The summed E-state index contributed by atoms with van der Waals surface area (Å²) < 4.78 is 54.8. The van der Waals surface area contributed by atoms with Gasteiger partial charge in [-0.1, -0.05) is 12.1 Å². The number of alkyl halides is 3. The molecule has 0 amide bonds. The van der Waals surface area contributed by atoms with Gasteiger partial charge in [-0.15, -0.1) is 0 Å². The van der Waals surface area contributed by atoms with Gasteiger partial charge in [0.05, 0.1) is 16.7 Å². The number of fused-ring (bicyclic) bond motifs is 1. The molecule has 0 saturated heterocycles. The standard InChI is InChI=1S/C17H16F3N3O2S/c1-10-7-21-14(11(2)15(10)25-9-17(18,19)20)8-26(24)16-22-12-5-3-4-6-13(12)23-16/h3-7H,8-9H2,1-2H3,(H,22,23)/t26-/m1/s1. The molecule has 26 heavy (non-hydrogen) atoms. The van der Waals surface area contributed by atoms with Gasteiger partial charge in [0.1, 0.15) is 5.75 Å². The first-order valence-corrected chi connectivity index (χ1v) is 9.04. The van der Waals surface area contributed by atoms with E-state index in [1.165, 1.54) is 6.20 Å². The van der Waals surface area contributed by atoms with Gasteiger partial charge in [-0.3, -0.25) is 9.97 Å². The molecule has 2 heterocycles. The molecule has 9 heteroatoms. The van der Waals surface area contributed by atoms with Crippen molar-refractivity contribution in [3.63, 3.8) is 0 Å². The molecule has 0 radical (unpaired) electrons. The van der Waals surface area contributed by atoms with Crippen molar-refractivity contribution in [2.45, 2.75) is 30.9 Å². The lowest BCUT2D eigenvalue weighted by Crippen LogP contribution is -2.20. The van der Waals surface area contributed by atoms with Gasteiger partial charge in [-0.2, -0.15) is 18.2 Å². The molecule has 1 N–H and O–H groups in total. The molecule has 1 atom stereocenters. The fourth-order valence-electron chi connectivity index (χ4n) is 2.51. The topological polar surface area (TPSA) is 73.9 Å². The molecule has 0 bridgehead atoms. The number of aromatic nitrogens is 3. The number of nitrogens with one attached hydrogen (secondary N) is 1. The Morgan fingerprint density at radius 3 is 2.65 bits per heavy atom. The number of H-pyrrole nitrogens is 1. The summed E-state index contributed by atoms with van der Waals surface area (Å²) in [6.07, 6.45) is -3.01. The third kappa shape index (κ3) is 4.10. The van der Waals surface area contributed by atoms with Crippen LogP contribution in [0.4, 0.5) is 13.2 Å². The van der Waals surface area contributed by atoms with Crippen LogP contribution < -0.4 is 4.74 Å². The zero-order chi connectivity index (χ0) is 18.9. The minimum atomic E-state index is -4.43.